The summed E-state index contributed by atoms with van der Waals surface area (Å²) >= 11 is 12.1. The number of aromatic amines is 1. The van der Waals surface area contributed by atoms with E-state index in [4.69, 9.17) is 23.2 Å². The first kappa shape index (κ1) is 23.8. The minimum absolute atomic E-state index is 0.0118. The van der Waals surface area contributed by atoms with Gasteiger partial charge in [-0.1, -0.05) is 59.6 Å². The van der Waals surface area contributed by atoms with E-state index in [1.807, 2.05) is 55.5 Å². The van der Waals surface area contributed by atoms with Crippen molar-refractivity contribution in [2.75, 3.05) is 39.3 Å². The molecule has 2 N–H and O–H groups in total. The number of hydrogen-bond acceptors (Lipinski definition) is 4. The molecule has 0 aliphatic carbocycles. The Labute approximate surface area is 204 Å². The minimum atomic E-state index is -0.328. The van der Waals surface area contributed by atoms with Gasteiger partial charge in [-0.3, -0.25) is 14.6 Å². The molecule has 33 heavy (non-hydrogen) atoms. The van der Waals surface area contributed by atoms with Crippen LogP contribution in [0.4, 0.5) is 0 Å². The van der Waals surface area contributed by atoms with Gasteiger partial charge in [-0.25, -0.2) is 4.98 Å². The molecule has 1 aliphatic heterocycles. The molecule has 3 aromatic rings. The Hall–Kier alpha value is -2.38. The normalized spacial score (nSPS) is 16.0. The van der Waals surface area contributed by atoms with Crippen LogP contribution in [0.3, 0.4) is 0 Å². The van der Waals surface area contributed by atoms with Crippen LogP contribution >= 0.6 is 23.2 Å². The van der Waals surface area contributed by atoms with Gasteiger partial charge in [-0.15, -0.1) is 0 Å². The van der Waals surface area contributed by atoms with E-state index in [-0.39, 0.29) is 11.8 Å². The van der Waals surface area contributed by atoms with Crippen molar-refractivity contribution in [2.24, 2.45) is 0 Å². The molecule has 0 saturated carbocycles. The zero-order valence-electron chi connectivity index (χ0n) is 18.7. The highest BCUT2D eigenvalue weighted by molar-refractivity contribution is 6.42. The van der Waals surface area contributed by atoms with E-state index < -0.39 is 0 Å². The number of benzene rings is 2. The van der Waals surface area contributed by atoms with Crippen molar-refractivity contribution in [3.05, 3.63) is 76.2 Å². The molecule has 0 radical (unpaired) electrons. The van der Waals surface area contributed by atoms with Crippen molar-refractivity contribution in [3.63, 3.8) is 0 Å². The van der Waals surface area contributed by atoms with Crippen molar-refractivity contribution >= 4 is 29.1 Å². The molecular weight excluding hydrogens is 457 g/mol. The van der Waals surface area contributed by atoms with Crippen LogP contribution in [-0.4, -0.2) is 64.9 Å². The first-order valence-corrected chi connectivity index (χ1v) is 12.0. The number of rotatable bonds is 8. The Morgan fingerprint density at radius 3 is 2.52 bits per heavy atom. The summed E-state index contributed by atoms with van der Waals surface area (Å²) in [5.74, 6) is 0.343. The third-order valence-electron chi connectivity index (χ3n) is 6.07. The summed E-state index contributed by atoms with van der Waals surface area (Å²) in [4.78, 5) is 25.1. The number of nitrogens with zero attached hydrogens (tertiary/aromatic N) is 3. The highest BCUT2D eigenvalue weighted by atomic mass is 35.5. The number of piperazine rings is 1. The van der Waals surface area contributed by atoms with E-state index in [0.717, 1.165) is 50.5 Å². The number of carbonyl (C=O) groups is 1. The Balaban J connectivity index is 1.18. The van der Waals surface area contributed by atoms with Crippen LogP contribution < -0.4 is 5.32 Å². The third-order valence-corrected chi connectivity index (χ3v) is 6.81. The maximum absolute atomic E-state index is 12.6. The number of amides is 1. The van der Waals surface area contributed by atoms with Crippen LogP contribution in [-0.2, 0) is 11.3 Å². The van der Waals surface area contributed by atoms with Gasteiger partial charge in [-0.2, -0.15) is 0 Å². The zero-order valence-corrected chi connectivity index (χ0v) is 20.2. The quantitative estimate of drug-likeness (QED) is 0.495. The predicted octanol–water partition coefficient (Wildman–Crippen LogP) is 4.42. The van der Waals surface area contributed by atoms with Crippen LogP contribution in [0.15, 0.2) is 54.7 Å². The van der Waals surface area contributed by atoms with E-state index in [1.165, 1.54) is 5.56 Å². The highest BCUT2D eigenvalue weighted by Crippen LogP contribution is 2.23. The molecule has 0 spiro atoms. The molecule has 1 unspecified atom stereocenters. The summed E-state index contributed by atoms with van der Waals surface area (Å²) in [5.41, 5.74) is 3.15. The lowest BCUT2D eigenvalue weighted by Gasteiger charge is -2.34. The molecule has 1 saturated heterocycles. The molecule has 1 fully saturated rings. The van der Waals surface area contributed by atoms with Crippen molar-refractivity contribution < 1.29 is 4.79 Å². The minimum Gasteiger partial charge on any atom is -0.354 e. The average Bonchev–Trinajstić information content (AvgIpc) is 3.33. The Morgan fingerprint density at radius 2 is 1.79 bits per heavy atom. The van der Waals surface area contributed by atoms with Crippen molar-refractivity contribution in [3.8, 4) is 11.3 Å². The lowest BCUT2D eigenvalue weighted by molar-refractivity contribution is -0.122. The number of aromatic nitrogens is 2. The number of H-pyrrole nitrogens is 1. The molecule has 4 rings (SSSR count). The van der Waals surface area contributed by atoms with E-state index in [0.29, 0.717) is 22.4 Å². The molecule has 0 bridgehead atoms. The van der Waals surface area contributed by atoms with Crippen molar-refractivity contribution in [1.82, 2.24) is 25.1 Å². The summed E-state index contributed by atoms with van der Waals surface area (Å²) < 4.78 is 0. The molecular formula is C25H29Cl2N5O. The zero-order chi connectivity index (χ0) is 23.2. The lowest BCUT2D eigenvalue weighted by atomic mass is 10.1. The highest BCUT2D eigenvalue weighted by Gasteiger charge is 2.20. The predicted molar refractivity (Wildman–Crippen MR) is 134 cm³/mol. The first-order valence-electron chi connectivity index (χ1n) is 11.3. The Bertz CT molecular complexity index is 1060. The fourth-order valence-electron chi connectivity index (χ4n) is 4.00. The Morgan fingerprint density at radius 1 is 1.06 bits per heavy atom. The van der Waals surface area contributed by atoms with Crippen LogP contribution in [0, 0.1) is 0 Å². The van der Waals surface area contributed by atoms with Gasteiger partial charge < -0.3 is 10.3 Å². The maximum Gasteiger partial charge on any atom is 0.230 e. The second kappa shape index (κ2) is 11.2. The second-order valence-corrected chi connectivity index (χ2v) is 9.24. The van der Waals surface area contributed by atoms with Gasteiger partial charge in [0.15, 0.2) is 0 Å². The number of hydrogen-bond donors (Lipinski definition) is 2. The van der Waals surface area contributed by atoms with Gasteiger partial charge >= 0.3 is 0 Å². The summed E-state index contributed by atoms with van der Waals surface area (Å²) in [6.45, 7) is 8.14. The van der Waals surface area contributed by atoms with Crippen LogP contribution in [0.2, 0.25) is 10.0 Å². The number of carbonyl (C=O) groups excluding carboxylic acids is 1. The van der Waals surface area contributed by atoms with E-state index in [2.05, 4.69) is 25.1 Å². The maximum atomic E-state index is 12.6. The van der Waals surface area contributed by atoms with Gasteiger partial charge in [0.25, 0.3) is 0 Å². The van der Waals surface area contributed by atoms with E-state index in [9.17, 15) is 4.79 Å². The van der Waals surface area contributed by atoms with Crippen LogP contribution in [0.25, 0.3) is 11.3 Å². The SMILES string of the molecule is CC(C(=O)NCCN1CCN(Cc2ccc(Cl)c(Cl)c2)CC1)c1ncc(-c2ccccc2)[nH]1. The summed E-state index contributed by atoms with van der Waals surface area (Å²) in [5, 5.41) is 4.25. The monoisotopic (exact) mass is 485 g/mol. The van der Waals surface area contributed by atoms with Gasteiger partial charge in [0.1, 0.15) is 5.82 Å². The summed E-state index contributed by atoms with van der Waals surface area (Å²) in [7, 11) is 0. The molecule has 8 heteroatoms. The molecule has 1 aliphatic rings. The van der Waals surface area contributed by atoms with E-state index in [1.54, 1.807) is 6.20 Å². The van der Waals surface area contributed by atoms with Crippen LogP contribution in [0.1, 0.15) is 24.2 Å². The third kappa shape index (κ3) is 6.36. The van der Waals surface area contributed by atoms with Gasteiger partial charge in [0, 0.05) is 45.8 Å². The fourth-order valence-corrected chi connectivity index (χ4v) is 4.32. The van der Waals surface area contributed by atoms with Crippen LogP contribution in [0.5, 0.6) is 0 Å². The average molecular weight is 486 g/mol. The second-order valence-electron chi connectivity index (χ2n) is 8.43. The summed E-state index contributed by atoms with van der Waals surface area (Å²) in [6.07, 6.45) is 1.78. The number of nitrogens with one attached hydrogen (secondary N) is 2. The fraction of sp³-hybridized carbons (Fsp3) is 0.360. The molecule has 2 heterocycles. The topological polar surface area (TPSA) is 64.3 Å². The smallest absolute Gasteiger partial charge is 0.230 e. The Kier molecular flexibility index (Phi) is 8.04. The molecule has 1 aromatic heterocycles. The molecule has 6 nitrogen and oxygen atoms in total. The van der Waals surface area contributed by atoms with Gasteiger partial charge in [-0.05, 0) is 30.2 Å². The van der Waals surface area contributed by atoms with Crippen molar-refractivity contribution in [1.29, 1.82) is 0 Å². The first-order chi connectivity index (χ1) is 16.0. The number of halogens is 2. The van der Waals surface area contributed by atoms with E-state index >= 15 is 0 Å². The van der Waals surface area contributed by atoms with Gasteiger partial charge in [0.2, 0.25) is 5.91 Å². The molecule has 2 aromatic carbocycles. The molecule has 1 amide bonds. The van der Waals surface area contributed by atoms with Crippen molar-refractivity contribution in [2.45, 2.75) is 19.4 Å². The standard InChI is InChI=1S/C25H29Cl2N5O/c1-18(24-29-16-23(30-24)20-5-3-2-4-6-20)25(33)28-9-10-31-11-13-32(14-12-31)17-19-7-8-21(26)22(27)15-19/h2-8,15-16,18H,9-14,17H2,1H3,(H,28,33)(H,29,30). The molecule has 174 valence electrons. The van der Waals surface area contributed by atoms with Gasteiger partial charge in [0.05, 0.1) is 27.9 Å². The lowest BCUT2D eigenvalue weighted by Crippen LogP contribution is -2.48. The number of imidazole rings is 1. The molecule has 1 atom stereocenters. The summed E-state index contributed by atoms with van der Waals surface area (Å²) in [6, 6.07) is 15.8. The largest absolute Gasteiger partial charge is 0.354 e.